The Morgan fingerprint density at radius 3 is 2.78 bits per heavy atom. The van der Waals surface area contributed by atoms with Crippen molar-refractivity contribution < 1.29 is 4.79 Å². The average Bonchev–Trinajstić information content (AvgIpc) is 2.62. The third-order valence-corrected chi connectivity index (χ3v) is 6.03. The summed E-state index contributed by atoms with van der Waals surface area (Å²) in [6, 6.07) is 2.26. The Bertz CT molecular complexity index is 433. The second kappa shape index (κ2) is 5.33. The first-order valence-electron chi connectivity index (χ1n) is 6.47. The van der Waals surface area contributed by atoms with E-state index in [2.05, 4.69) is 35.1 Å². The highest BCUT2D eigenvalue weighted by atomic mass is 79.9. The van der Waals surface area contributed by atoms with Crippen LogP contribution >= 0.6 is 27.3 Å². The van der Waals surface area contributed by atoms with Gasteiger partial charge in [-0.05, 0) is 52.7 Å². The molecule has 1 heterocycles. The van der Waals surface area contributed by atoms with Crippen molar-refractivity contribution >= 4 is 33.2 Å². The molecule has 1 aromatic rings. The van der Waals surface area contributed by atoms with Crippen LogP contribution in [0.15, 0.2) is 9.85 Å². The van der Waals surface area contributed by atoms with E-state index in [4.69, 9.17) is 0 Å². The van der Waals surface area contributed by atoms with Crippen molar-refractivity contribution in [1.29, 1.82) is 0 Å². The summed E-state index contributed by atoms with van der Waals surface area (Å²) in [5.41, 5.74) is 1.35. The van der Waals surface area contributed by atoms with E-state index in [1.807, 2.05) is 13.0 Å². The van der Waals surface area contributed by atoms with Gasteiger partial charge < -0.3 is 5.32 Å². The lowest BCUT2D eigenvalue weighted by atomic mass is 9.73. The molecule has 1 aliphatic carbocycles. The number of carbonyl (C=O) groups excluding carboxylic acids is 1. The van der Waals surface area contributed by atoms with Crippen molar-refractivity contribution in [1.82, 2.24) is 5.32 Å². The summed E-state index contributed by atoms with van der Waals surface area (Å²) in [5.74, 6) is 0.0776. The molecule has 18 heavy (non-hydrogen) atoms. The van der Waals surface area contributed by atoms with Gasteiger partial charge in [0.25, 0.3) is 5.91 Å². The molecule has 0 bridgehead atoms. The topological polar surface area (TPSA) is 29.1 Å². The number of aryl methyl sites for hydroxylation is 1. The molecule has 1 saturated carbocycles. The van der Waals surface area contributed by atoms with Crippen LogP contribution in [0.25, 0.3) is 0 Å². The van der Waals surface area contributed by atoms with Crippen molar-refractivity contribution in [2.24, 2.45) is 5.41 Å². The van der Waals surface area contributed by atoms with Crippen LogP contribution in [-0.4, -0.2) is 11.9 Å². The first-order chi connectivity index (χ1) is 8.40. The Labute approximate surface area is 121 Å². The maximum absolute atomic E-state index is 12.2. The number of amides is 1. The minimum atomic E-state index is 0.0776. The monoisotopic (exact) mass is 329 g/mol. The number of carbonyl (C=O) groups is 1. The summed E-state index contributed by atoms with van der Waals surface area (Å²) in [5, 5.41) is 3.22. The molecule has 2 rings (SSSR count). The van der Waals surface area contributed by atoms with Crippen molar-refractivity contribution in [2.45, 2.75) is 52.5 Å². The summed E-state index contributed by atoms with van der Waals surface area (Å²) in [6.45, 7) is 6.53. The van der Waals surface area contributed by atoms with Crippen LogP contribution in [0.5, 0.6) is 0 Å². The fourth-order valence-electron chi connectivity index (χ4n) is 2.56. The van der Waals surface area contributed by atoms with E-state index in [-0.39, 0.29) is 11.3 Å². The van der Waals surface area contributed by atoms with Crippen LogP contribution in [-0.2, 0) is 0 Å². The highest BCUT2D eigenvalue weighted by Gasteiger charge is 2.33. The van der Waals surface area contributed by atoms with E-state index in [0.717, 1.165) is 20.6 Å². The molecule has 1 amide bonds. The van der Waals surface area contributed by atoms with Gasteiger partial charge >= 0.3 is 0 Å². The van der Waals surface area contributed by atoms with Gasteiger partial charge in [-0.15, -0.1) is 11.3 Å². The molecule has 4 heteroatoms. The molecule has 0 radical (unpaired) electrons. The molecule has 0 aromatic carbocycles. The largest absolute Gasteiger partial charge is 0.348 e. The van der Waals surface area contributed by atoms with E-state index < -0.39 is 0 Å². The van der Waals surface area contributed by atoms with E-state index in [0.29, 0.717) is 6.04 Å². The van der Waals surface area contributed by atoms with Crippen molar-refractivity contribution in [3.63, 3.8) is 0 Å². The van der Waals surface area contributed by atoms with Gasteiger partial charge in [-0.3, -0.25) is 4.79 Å². The van der Waals surface area contributed by atoms with Crippen molar-refractivity contribution in [3.05, 3.63) is 20.3 Å². The minimum Gasteiger partial charge on any atom is -0.348 e. The first-order valence-corrected chi connectivity index (χ1v) is 8.08. The third kappa shape index (κ3) is 2.97. The van der Waals surface area contributed by atoms with E-state index >= 15 is 0 Å². The molecule has 1 atom stereocenters. The number of hydrogen-bond acceptors (Lipinski definition) is 2. The second-order valence-electron chi connectivity index (χ2n) is 5.83. The zero-order valence-corrected chi connectivity index (χ0v) is 13.6. The molecule has 1 fully saturated rings. The number of rotatable bonds is 2. The lowest BCUT2D eigenvalue weighted by Crippen LogP contribution is -2.46. The van der Waals surface area contributed by atoms with E-state index in [1.165, 1.54) is 30.6 Å². The number of thiophene rings is 1. The molecule has 0 spiro atoms. The zero-order valence-electron chi connectivity index (χ0n) is 11.2. The predicted octanol–water partition coefficient (Wildman–Crippen LogP) is 4.52. The zero-order chi connectivity index (χ0) is 13.3. The van der Waals surface area contributed by atoms with Gasteiger partial charge in [-0.25, -0.2) is 0 Å². The van der Waals surface area contributed by atoms with Crippen LogP contribution in [0.2, 0.25) is 0 Å². The van der Waals surface area contributed by atoms with Crippen LogP contribution in [0, 0.1) is 12.3 Å². The molecule has 1 unspecified atom stereocenters. The van der Waals surface area contributed by atoms with Crippen molar-refractivity contribution in [3.8, 4) is 0 Å². The van der Waals surface area contributed by atoms with Gasteiger partial charge in [0.2, 0.25) is 0 Å². The third-order valence-electron chi connectivity index (χ3n) is 3.89. The quantitative estimate of drug-likeness (QED) is 0.849. The van der Waals surface area contributed by atoms with Gasteiger partial charge in [-0.2, -0.15) is 0 Å². The second-order valence-corrected chi connectivity index (χ2v) is 8.20. The molecule has 100 valence electrons. The summed E-state index contributed by atoms with van der Waals surface area (Å²) < 4.78 is 1.05. The Hall–Kier alpha value is -0.350. The fraction of sp³-hybridized carbons (Fsp3) is 0.643. The Kier molecular flexibility index (Phi) is 4.17. The van der Waals surface area contributed by atoms with Gasteiger partial charge in [-0.1, -0.05) is 26.7 Å². The van der Waals surface area contributed by atoms with Gasteiger partial charge in [0.05, 0.1) is 8.66 Å². The Morgan fingerprint density at radius 2 is 2.22 bits per heavy atom. The highest BCUT2D eigenvalue weighted by molar-refractivity contribution is 9.11. The van der Waals surface area contributed by atoms with Gasteiger partial charge in [0.15, 0.2) is 0 Å². The lowest BCUT2D eigenvalue weighted by Gasteiger charge is -2.38. The van der Waals surface area contributed by atoms with Gasteiger partial charge in [0.1, 0.15) is 0 Å². The van der Waals surface area contributed by atoms with Crippen LogP contribution < -0.4 is 5.32 Å². The standard InChI is InChI=1S/C14H20BrNOS/c1-9-8-10(18-12(9)15)13(17)16-11-6-4-5-7-14(11,2)3/h8,11H,4-7H2,1-3H3,(H,16,17). The minimum absolute atomic E-state index is 0.0776. The van der Waals surface area contributed by atoms with Crippen molar-refractivity contribution in [2.75, 3.05) is 0 Å². The molecule has 0 saturated heterocycles. The molecular formula is C14H20BrNOS. The van der Waals surface area contributed by atoms with Gasteiger partial charge in [0, 0.05) is 6.04 Å². The SMILES string of the molecule is Cc1cc(C(=O)NC2CCCCC2(C)C)sc1Br. The number of nitrogens with one attached hydrogen (secondary N) is 1. The molecule has 2 nitrogen and oxygen atoms in total. The molecule has 1 aromatic heterocycles. The Morgan fingerprint density at radius 1 is 1.50 bits per heavy atom. The number of hydrogen-bond donors (Lipinski definition) is 1. The number of halogens is 1. The normalized spacial score (nSPS) is 22.8. The summed E-state index contributed by atoms with van der Waals surface area (Å²) in [4.78, 5) is 13.1. The maximum atomic E-state index is 12.2. The Balaban J connectivity index is 2.07. The molecule has 1 aliphatic rings. The lowest BCUT2D eigenvalue weighted by molar-refractivity contribution is 0.0857. The maximum Gasteiger partial charge on any atom is 0.261 e. The predicted molar refractivity (Wildman–Crippen MR) is 80.3 cm³/mol. The molecule has 1 N–H and O–H groups in total. The van der Waals surface area contributed by atoms with Crippen LogP contribution in [0.3, 0.4) is 0 Å². The molecular weight excluding hydrogens is 310 g/mol. The van der Waals surface area contributed by atoms with E-state index in [9.17, 15) is 4.79 Å². The summed E-state index contributed by atoms with van der Waals surface area (Å²) in [7, 11) is 0. The first kappa shape index (κ1) is 14.1. The highest BCUT2D eigenvalue weighted by Crippen LogP contribution is 2.36. The smallest absolute Gasteiger partial charge is 0.261 e. The summed E-state index contributed by atoms with van der Waals surface area (Å²) >= 11 is 4.99. The van der Waals surface area contributed by atoms with Crippen LogP contribution in [0.1, 0.15) is 54.8 Å². The molecule has 0 aliphatic heterocycles. The average molecular weight is 330 g/mol. The van der Waals surface area contributed by atoms with Crippen LogP contribution in [0.4, 0.5) is 0 Å². The van der Waals surface area contributed by atoms with E-state index in [1.54, 1.807) is 0 Å². The fourth-order valence-corrected chi connectivity index (χ4v) is 4.00. The summed E-state index contributed by atoms with van der Waals surface area (Å²) in [6.07, 6.45) is 4.81.